The lowest BCUT2D eigenvalue weighted by molar-refractivity contribution is 0.857. The third-order valence-corrected chi connectivity index (χ3v) is 2.40. The quantitative estimate of drug-likeness (QED) is 0.887. The number of anilines is 1. The van der Waals surface area contributed by atoms with Crippen molar-refractivity contribution in [2.75, 3.05) is 5.32 Å². The van der Waals surface area contributed by atoms with Gasteiger partial charge in [-0.2, -0.15) is 0 Å². The molecule has 0 saturated heterocycles. The Morgan fingerprint density at radius 1 is 1.12 bits per heavy atom. The Morgan fingerprint density at radius 2 is 1.88 bits per heavy atom. The van der Waals surface area contributed by atoms with Gasteiger partial charge in [0.15, 0.2) is 5.15 Å². The Hall–Kier alpha value is -1.68. The van der Waals surface area contributed by atoms with Crippen LogP contribution in [0.5, 0.6) is 0 Å². The Balaban J connectivity index is 2.08. The SMILES string of the molecule is CC(Nc1ccc(Cl)nn1)c1ccncc1. The van der Waals surface area contributed by atoms with Gasteiger partial charge in [-0.3, -0.25) is 4.98 Å². The molecule has 1 atom stereocenters. The van der Waals surface area contributed by atoms with E-state index in [0.717, 1.165) is 5.56 Å². The fourth-order valence-corrected chi connectivity index (χ4v) is 1.45. The molecule has 1 N–H and O–H groups in total. The Bertz CT molecular complexity index is 443. The number of aromatic nitrogens is 3. The van der Waals surface area contributed by atoms with Crippen molar-refractivity contribution in [1.82, 2.24) is 15.2 Å². The monoisotopic (exact) mass is 234 g/mol. The van der Waals surface area contributed by atoms with Gasteiger partial charge in [-0.05, 0) is 36.8 Å². The van der Waals surface area contributed by atoms with Crippen LogP contribution in [0.4, 0.5) is 5.82 Å². The van der Waals surface area contributed by atoms with E-state index in [9.17, 15) is 0 Å². The summed E-state index contributed by atoms with van der Waals surface area (Å²) in [6, 6.07) is 7.57. The van der Waals surface area contributed by atoms with Gasteiger partial charge < -0.3 is 5.32 Å². The Kier molecular flexibility index (Phi) is 3.31. The minimum atomic E-state index is 0.151. The van der Waals surface area contributed by atoms with Crippen molar-refractivity contribution in [3.05, 3.63) is 47.4 Å². The van der Waals surface area contributed by atoms with E-state index in [-0.39, 0.29) is 6.04 Å². The lowest BCUT2D eigenvalue weighted by Crippen LogP contribution is -2.08. The third kappa shape index (κ3) is 2.67. The van der Waals surface area contributed by atoms with Gasteiger partial charge in [0.2, 0.25) is 0 Å². The number of rotatable bonds is 3. The molecule has 1 unspecified atom stereocenters. The van der Waals surface area contributed by atoms with E-state index in [2.05, 4.69) is 20.5 Å². The molecule has 0 bridgehead atoms. The molecular formula is C11H11ClN4. The van der Waals surface area contributed by atoms with Crippen LogP contribution >= 0.6 is 11.6 Å². The van der Waals surface area contributed by atoms with Crippen LogP contribution in [0, 0.1) is 0 Å². The number of pyridine rings is 1. The molecule has 2 aromatic rings. The predicted molar refractivity (Wildman–Crippen MR) is 63.3 cm³/mol. The fourth-order valence-electron chi connectivity index (χ4n) is 1.35. The Labute approximate surface area is 98.7 Å². The molecule has 0 aliphatic heterocycles. The molecule has 0 radical (unpaired) electrons. The maximum atomic E-state index is 5.66. The highest BCUT2D eigenvalue weighted by Crippen LogP contribution is 2.16. The normalized spacial score (nSPS) is 12.1. The zero-order valence-corrected chi connectivity index (χ0v) is 9.52. The van der Waals surface area contributed by atoms with Crippen LogP contribution in [0.1, 0.15) is 18.5 Å². The van der Waals surface area contributed by atoms with E-state index in [1.54, 1.807) is 24.5 Å². The van der Waals surface area contributed by atoms with Crippen LogP contribution in [0.3, 0.4) is 0 Å². The van der Waals surface area contributed by atoms with Crippen molar-refractivity contribution < 1.29 is 0 Å². The second-order valence-corrected chi connectivity index (χ2v) is 3.78. The van der Waals surface area contributed by atoms with Gasteiger partial charge in [0, 0.05) is 12.4 Å². The average molecular weight is 235 g/mol. The summed E-state index contributed by atoms with van der Waals surface area (Å²) in [7, 11) is 0. The smallest absolute Gasteiger partial charge is 0.151 e. The zero-order chi connectivity index (χ0) is 11.4. The van der Waals surface area contributed by atoms with E-state index in [4.69, 9.17) is 11.6 Å². The lowest BCUT2D eigenvalue weighted by atomic mass is 10.1. The van der Waals surface area contributed by atoms with Gasteiger partial charge >= 0.3 is 0 Å². The summed E-state index contributed by atoms with van der Waals surface area (Å²) in [5, 5.41) is 11.3. The third-order valence-electron chi connectivity index (χ3n) is 2.20. The van der Waals surface area contributed by atoms with E-state index < -0.39 is 0 Å². The maximum Gasteiger partial charge on any atom is 0.151 e. The molecule has 0 aliphatic carbocycles. The second kappa shape index (κ2) is 4.90. The summed E-state index contributed by atoms with van der Waals surface area (Å²) in [6.45, 7) is 2.05. The highest BCUT2D eigenvalue weighted by atomic mass is 35.5. The summed E-state index contributed by atoms with van der Waals surface area (Å²) in [4.78, 5) is 3.97. The molecule has 5 heteroatoms. The van der Waals surface area contributed by atoms with Gasteiger partial charge in [-0.1, -0.05) is 11.6 Å². The fraction of sp³-hybridized carbons (Fsp3) is 0.182. The summed E-state index contributed by atoms with van der Waals surface area (Å²) >= 11 is 5.66. The van der Waals surface area contributed by atoms with Crippen molar-refractivity contribution in [3.8, 4) is 0 Å². The first-order valence-electron chi connectivity index (χ1n) is 4.91. The Morgan fingerprint density at radius 3 is 2.50 bits per heavy atom. The highest BCUT2D eigenvalue weighted by molar-refractivity contribution is 6.29. The van der Waals surface area contributed by atoms with Crippen LogP contribution in [0.25, 0.3) is 0 Å². The molecule has 82 valence electrons. The van der Waals surface area contributed by atoms with Gasteiger partial charge in [0.1, 0.15) is 5.82 Å². The van der Waals surface area contributed by atoms with Crippen molar-refractivity contribution in [2.24, 2.45) is 0 Å². The highest BCUT2D eigenvalue weighted by Gasteiger charge is 2.05. The molecule has 16 heavy (non-hydrogen) atoms. The molecule has 0 spiro atoms. The van der Waals surface area contributed by atoms with Gasteiger partial charge in [0.25, 0.3) is 0 Å². The maximum absolute atomic E-state index is 5.66. The van der Waals surface area contributed by atoms with E-state index >= 15 is 0 Å². The van der Waals surface area contributed by atoms with Crippen LogP contribution in [0.2, 0.25) is 5.15 Å². The summed E-state index contributed by atoms with van der Waals surface area (Å²) < 4.78 is 0. The summed E-state index contributed by atoms with van der Waals surface area (Å²) in [5.41, 5.74) is 1.15. The molecule has 2 rings (SSSR count). The van der Waals surface area contributed by atoms with E-state index in [0.29, 0.717) is 11.0 Å². The number of hydrogen-bond donors (Lipinski definition) is 1. The van der Waals surface area contributed by atoms with Crippen molar-refractivity contribution in [1.29, 1.82) is 0 Å². The largest absolute Gasteiger partial charge is 0.362 e. The molecule has 0 saturated carbocycles. The molecule has 4 nitrogen and oxygen atoms in total. The molecule has 0 aliphatic rings. The molecule has 2 heterocycles. The molecule has 2 aromatic heterocycles. The minimum absolute atomic E-state index is 0.151. The van der Waals surface area contributed by atoms with Crippen molar-refractivity contribution in [2.45, 2.75) is 13.0 Å². The van der Waals surface area contributed by atoms with Crippen molar-refractivity contribution in [3.63, 3.8) is 0 Å². The molecule has 0 fully saturated rings. The summed E-state index contributed by atoms with van der Waals surface area (Å²) in [5.74, 6) is 0.703. The second-order valence-electron chi connectivity index (χ2n) is 3.39. The van der Waals surface area contributed by atoms with Crippen LogP contribution in [0.15, 0.2) is 36.7 Å². The summed E-state index contributed by atoms with van der Waals surface area (Å²) in [6.07, 6.45) is 3.53. The first-order valence-corrected chi connectivity index (χ1v) is 5.29. The van der Waals surface area contributed by atoms with Crippen LogP contribution < -0.4 is 5.32 Å². The zero-order valence-electron chi connectivity index (χ0n) is 8.76. The number of nitrogens with zero attached hydrogens (tertiary/aromatic N) is 3. The first kappa shape index (κ1) is 10.8. The molecule has 0 amide bonds. The molecule has 0 aromatic carbocycles. The van der Waals surface area contributed by atoms with Crippen LogP contribution in [-0.2, 0) is 0 Å². The number of hydrogen-bond acceptors (Lipinski definition) is 4. The first-order chi connectivity index (χ1) is 7.75. The minimum Gasteiger partial charge on any atom is -0.362 e. The average Bonchev–Trinajstić information content (AvgIpc) is 2.33. The lowest BCUT2D eigenvalue weighted by Gasteiger charge is -2.13. The standard InChI is InChI=1S/C11H11ClN4/c1-8(9-4-6-13-7-5-9)14-11-3-2-10(12)15-16-11/h2-8H,1H3,(H,14,16). The topological polar surface area (TPSA) is 50.7 Å². The van der Waals surface area contributed by atoms with Gasteiger partial charge in [0.05, 0.1) is 6.04 Å². The van der Waals surface area contributed by atoms with Crippen LogP contribution in [-0.4, -0.2) is 15.2 Å². The van der Waals surface area contributed by atoms with E-state index in [1.807, 2.05) is 19.1 Å². The van der Waals surface area contributed by atoms with E-state index in [1.165, 1.54) is 0 Å². The predicted octanol–water partition coefficient (Wildman–Crippen LogP) is 2.70. The van der Waals surface area contributed by atoms with Crippen molar-refractivity contribution >= 4 is 17.4 Å². The molecular weight excluding hydrogens is 224 g/mol. The number of nitrogens with one attached hydrogen (secondary N) is 1. The number of halogens is 1. The van der Waals surface area contributed by atoms with Gasteiger partial charge in [-0.25, -0.2) is 0 Å². The van der Waals surface area contributed by atoms with Gasteiger partial charge in [-0.15, -0.1) is 10.2 Å².